The van der Waals surface area contributed by atoms with Crippen LogP contribution in [-0.4, -0.2) is 11.0 Å². The topological polar surface area (TPSA) is 9.23 Å². The number of ether oxygens (including phenoxy) is 1. The van der Waals surface area contributed by atoms with Crippen molar-refractivity contribution in [3.05, 3.63) is 35.9 Å². The summed E-state index contributed by atoms with van der Waals surface area (Å²) >= 11 is 0.602. The molecule has 0 fully saturated rings. The first-order valence-electron chi connectivity index (χ1n) is 7.66. The van der Waals surface area contributed by atoms with Gasteiger partial charge in [-0.05, 0) is 0 Å². The van der Waals surface area contributed by atoms with Crippen molar-refractivity contribution in [2.45, 2.75) is 51.6 Å². The Morgan fingerprint density at radius 2 is 1.55 bits per heavy atom. The summed E-state index contributed by atoms with van der Waals surface area (Å²) < 4.78 is 7.26. The maximum absolute atomic E-state index is 5.70. The SMILES string of the molecule is P[PH2+][I-]CCCCCCCCCOCc1ccccc1. The predicted molar refractivity (Wildman–Crippen MR) is 92.7 cm³/mol. The number of rotatable bonds is 13. The molecule has 1 aromatic rings. The van der Waals surface area contributed by atoms with Crippen LogP contribution in [0.25, 0.3) is 0 Å². The van der Waals surface area contributed by atoms with Crippen molar-refractivity contribution in [3.63, 3.8) is 0 Å². The van der Waals surface area contributed by atoms with Gasteiger partial charge in [0, 0.05) is 0 Å². The van der Waals surface area contributed by atoms with Gasteiger partial charge in [0.25, 0.3) is 0 Å². The van der Waals surface area contributed by atoms with E-state index in [4.69, 9.17) is 4.74 Å². The zero-order valence-corrected chi connectivity index (χ0v) is 16.9. The minimum absolute atomic E-state index is 0.602. The van der Waals surface area contributed by atoms with E-state index >= 15 is 0 Å². The third kappa shape index (κ3) is 11.4. The fraction of sp³-hybridized carbons (Fsp3) is 0.625. The first-order valence-corrected chi connectivity index (χ1v) is 16.0. The van der Waals surface area contributed by atoms with E-state index < -0.39 is 0 Å². The Morgan fingerprint density at radius 1 is 0.900 bits per heavy atom. The molecule has 0 aliphatic heterocycles. The van der Waals surface area contributed by atoms with Gasteiger partial charge in [0.1, 0.15) is 0 Å². The van der Waals surface area contributed by atoms with Gasteiger partial charge in [-0.3, -0.25) is 0 Å². The number of halogens is 1. The molecular formula is C16H29IOP2. The Morgan fingerprint density at radius 3 is 2.25 bits per heavy atom. The molecule has 0 amide bonds. The van der Waals surface area contributed by atoms with Crippen molar-refractivity contribution in [1.82, 2.24) is 0 Å². The molecule has 0 spiro atoms. The van der Waals surface area contributed by atoms with Crippen LogP contribution < -0.4 is 20.7 Å². The van der Waals surface area contributed by atoms with Crippen molar-refractivity contribution in [2.24, 2.45) is 0 Å². The number of alkyl halides is 1. The van der Waals surface area contributed by atoms with E-state index in [0.717, 1.165) is 19.1 Å². The summed E-state index contributed by atoms with van der Waals surface area (Å²) in [6.45, 7) is 1.68. The van der Waals surface area contributed by atoms with Gasteiger partial charge >= 0.3 is 108 Å². The van der Waals surface area contributed by atoms with Gasteiger partial charge < -0.3 is 0 Å². The smallest absolute Gasteiger partial charge is 0.0622 e. The van der Waals surface area contributed by atoms with E-state index in [1.165, 1.54) is 50.5 Å². The van der Waals surface area contributed by atoms with Gasteiger partial charge in [-0.1, -0.05) is 30.3 Å². The zero-order valence-electron chi connectivity index (χ0n) is 12.4. The monoisotopic (exact) mass is 426 g/mol. The normalized spacial score (nSPS) is 11.7. The molecule has 0 saturated heterocycles. The van der Waals surface area contributed by atoms with Crippen molar-refractivity contribution in [2.75, 3.05) is 11.0 Å². The average molecular weight is 426 g/mol. The molecule has 0 aromatic heterocycles. The van der Waals surface area contributed by atoms with Crippen molar-refractivity contribution in [3.8, 4) is 0 Å². The molecule has 0 radical (unpaired) electrons. The Bertz CT molecular complexity index is 309. The molecule has 2 unspecified atom stereocenters. The first kappa shape index (κ1) is 18.8. The van der Waals surface area contributed by atoms with E-state index in [1.54, 1.807) is 4.43 Å². The van der Waals surface area contributed by atoms with Crippen LogP contribution in [0.1, 0.15) is 50.5 Å². The van der Waals surface area contributed by atoms with Gasteiger partial charge in [-0.25, -0.2) is 0 Å². The fourth-order valence-corrected chi connectivity index (χ4v) is 7.84. The average Bonchev–Trinajstić information content (AvgIpc) is 2.49. The number of hydrogen-bond donors (Lipinski definition) is 0. The van der Waals surface area contributed by atoms with Gasteiger partial charge in [0.05, 0.1) is 0 Å². The molecular weight excluding hydrogens is 397 g/mol. The van der Waals surface area contributed by atoms with Gasteiger partial charge in [0.2, 0.25) is 0 Å². The Hall–Kier alpha value is 0.770. The molecule has 0 heterocycles. The molecule has 1 aromatic carbocycles. The quantitative estimate of drug-likeness (QED) is 0.203. The molecule has 1 rings (SSSR count). The molecule has 116 valence electrons. The van der Waals surface area contributed by atoms with Crippen LogP contribution in [0.3, 0.4) is 0 Å². The molecule has 0 N–H and O–H groups in total. The summed E-state index contributed by atoms with van der Waals surface area (Å²) in [5.41, 5.74) is 1.28. The summed E-state index contributed by atoms with van der Waals surface area (Å²) in [6, 6.07) is 10.4. The van der Waals surface area contributed by atoms with Gasteiger partial charge in [-0.15, -0.1) is 0 Å². The van der Waals surface area contributed by atoms with Crippen LogP contribution in [0.2, 0.25) is 0 Å². The van der Waals surface area contributed by atoms with Crippen LogP contribution >= 0.6 is 14.8 Å². The molecule has 2 atom stereocenters. The van der Waals surface area contributed by atoms with Crippen LogP contribution in [0.15, 0.2) is 30.3 Å². The van der Waals surface area contributed by atoms with Crippen molar-refractivity contribution >= 4 is 14.8 Å². The summed E-state index contributed by atoms with van der Waals surface area (Å²) in [7, 11) is 2.94. The molecule has 0 bridgehead atoms. The fourth-order valence-electron chi connectivity index (χ4n) is 2.09. The Balaban J connectivity index is 1.77. The van der Waals surface area contributed by atoms with E-state index in [1.807, 2.05) is 6.07 Å². The van der Waals surface area contributed by atoms with Crippen LogP contribution in [0, 0.1) is 0 Å². The predicted octanol–water partition coefficient (Wildman–Crippen LogP) is 2.14. The summed E-state index contributed by atoms with van der Waals surface area (Å²) in [5.74, 6) is 0.761. The second kappa shape index (κ2) is 14.7. The molecule has 20 heavy (non-hydrogen) atoms. The van der Waals surface area contributed by atoms with Gasteiger partial charge in [-0.2, -0.15) is 0 Å². The molecule has 0 aliphatic rings. The Labute approximate surface area is 138 Å². The van der Waals surface area contributed by atoms with Crippen LogP contribution in [0.4, 0.5) is 0 Å². The van der Waals surface area contributed by atoms with Crippen LogP contribution in [-0.2, 0) is 11.3 Å². The maximum atomic E-state index is 5.70. The Kier molecular flexibility index (Phi) is 13.8. The third-order valence-corrected chi connectivity index (χ3v) is 11.4. The van der Waals surface area contributed by atoms with Crippen LogP contribution in [0.5, 0.6) is 0 Å². The summed E-state index contributed by atoms with van der Waals surface area (Å²) in [5, 5.41) is 0. The van der Waals surface area contributed by atoms with Crippen molar-refractivity contribution < 1.29 is 25.4 Å². The second-order valence-corrected chi connectivity index (χ2v) is 16.5. The standard InChI is InChI=1S/C16H29IOP2/c19-20-17-13-9-4-2-1-3-5-10-14-18-15-16-11-7-6-8-12-16/h6-8,11-12H,1-5,9-10,13-15,19-20H2. The number of hydrogen-bond acceptors (Lipinski definition) is 1. The van der Waals surface area contributed by atoms with E-state index in [-0.39, 0.29) is 0 Å². The number of benzene rings is 1. The molecule has 1 nitrogen and oxygen atoms in total. The summed E-state index contributed by atoms with van der Waals surface area (Å²) in [4.78, 5) is 0. The minimum atomic E-state index is 0.602. The van der Waals surface area contributed by atoms with Gasteiger partial charge in [0.15, 0.2) is 0 Å². The van der Waals surface area contributed by atoms with E-state index in [9.17, 15) is 0 Å². The zero-order chi connectivity index (χ0) is 14.3. The van der Waals surface area contributed by atoms with Crippen molar-refractivity contribution in [1.29, 1.82) is 0 Å². The molecule has 0 saturated carbocycles. The third-order valence-electron chi connectivity index (χ3n) is 3.23. The van der Waals surface area contributed by atoms with E-state index in [0.29, 0.717) is 20.7 Å². The second-order valence-electron chi connectivity index (χ2n) is 4.98. The molecule has 4 heteroatoms. The minimum Gasteiger partial charge on any atom is -0.0622 e. The first-order chi connectivity index (χ1) is 9.93. The molecule has 0 aliphatic carbocycles. The summed E-state index contributed by atoms with van der Waals surface area (Å²) in [6.07, 6.45) is 9.76. The number of unbranched alkanes of at least 4 members (excludes halogenated alkanes) is 6. The van der Waals surface area contributed by atoms with E-state index in [2.05, 4.69) is 33.2 Å².